The van der Waals surface area contributed by atoms with Crippen molar-refractivity contribution in [2.24, 2.45) is 0 Å². The Morgan fingerprint density at radius 3 is 2.71 bits per heavy atom. The lowest BCUT2D eigenvalue weighted by Crippen LogP contribution is -2.13. The second-order valence-corrected chi connectivity index (χ2v) is 4.20. The number of thiophene rings is 1. The lowest BCUT2D eigenvalue weighted by Gasteiger charge is -2.05. The van der Waals surface area contributed by atoms with Crippen molar-refractivity contribution < 1.29 is 13.6 Å². The molecule has 0 aliphatic carbocycles. The van der Waals surface area contributed by atoms with Gasteiger partial charge in [0.2, 0.25) is 0 Å². The molecule has 0 aliphatic rings. The van der Waals surface area contributed by atoms with Crippen LogP contribution >= 0.6 is 11.3 Å². The number of carbonyl (C=O) groups excluding carboxylic acids is 1. The summed E-state index contributed by atoms with van der Waals surface area (Å²) < 4.78 is 26.1. The molecule has 0 atom stereocenters. The fourth-order valence-corrected chi connectivity index (χ4v) is 1.99. The van der Waals surface area contributed by atoms with E-state index >= 15 is 0 Å². The normalized spacial score (nSPS) is 10.2. The van der Waals surface area contributed by atoms with Crippen LogP contribution in [0.1, 0.15) is 9.67 Å². The van der Waals surface area contributed by atoms with E-state index in [1.807, 2.05) is 0 Å². The van der Waals surface area contributed by atoms with E-state index in [0.717, 1.165) is 29.5 Å². The fraction of sp³-hybridized carbons (Fsp3) is 0. The van der Waals surface area contributed by atoms with Gasteiger partial charge in [-0.15, -0.1) is 11.3 Å². The summed E-state index contributed by atoms with van der Waals surface area (Å²) in [5.74, 6) is -1.88. The van der Waals surface area contributed by atoms with Crippen LogP contribution < -0.4 is 11.1 Å². The van der Waals surface area contributed by atoms with Gasteiger partial charge < -0.3 is 11.1 Å². The van der Waals surface area contributed by atoms with E-state index in [-0.39, 0.29) is 10.6 Å². The number of nitrogens with two attached hydrogens (primary N) is 1. The minimum absolute atomic E-state index is 0.206. The summed E-state index contributed by atoms with van der Waals surface area (Å²) in [6.45, 7) is 0. The largest absolute Gasteiger partial charge is 0.397 e. The molecule has 0 spiro atoms. The molecule has 3 N–H and O–H groups in total. The first-order chi connectivity index (χ1) is 8.08. The van der Waals surface area contributed by atoms with Gasteiger partial charge in [0.05, 0.1) is 11.4 Å². The van der Waals surface area contributed by atoms with Crippen LogP contribution in [0.4, 0.5) is 20.2 Å². The molecule has 0 saturated heterocycles. The maximum Gasteiger partial charge on any atom is 0.267 e. The maximum atomic E-state index is 13.3. The predicted octanol–water partition coefficient (Wildman–Crippen LogP) is 2.86. The molecule has 0 radical (unpaired) electrons. The van der Waals surface area contributed by atoms with Crippen LogP contribution in [0.3, 0.4) is 0 Å². The first-order valence-electron chi connectivity index (χ1n) is 4.67. The third kappa shape index (κ3) is 2.42. The number of hydrogen-bond acceptors (Lipinski definition) is 3. The molecule has 2 aromatic rings. The van der Waals surface area contributed by atoms with Crippen LogP contribution in [0.25, 0.3) is 0 Å². The van der Waals surface area contributed by atoms with Crippen molar-refractivity contribution in [3.63, 3.8) is 0 Å². The number of nitrogens with one attached hydrogen (secondary N) is 1. The Morgan fingerprint density at radius 1 is 1.29 bits per heavy atom. The van der Waals surface area contributed by atoms with Gasteiger partial charge in [0.1, 0.15) is 16.5 Å². The van der Waals surface area contributed by atoms with E-state index in [9.17, 15) is 13.6 Å². The average Bonchev–Trinajstić information content (AvgIpc) is 2.70. The van der Waals surface area contributed by atoms with E-state index in [0.29, 0.717) is 5.69 Å². The van der Waals surface area contributed by atoms with Crippen molar-refractivity contribution in [2.45, 2.75) is 0 Å². The van der Waals surface area contributed by atoms with E-state index in [2.05, 4.69) is 5.32 Å². The quantitative estimate of drug-likeness (QED) is 0.865. The van der Waals surface area contributed by atoms with Gasteiger partial charge in [-0.05, 0) is 23.6 Å². The highest BCUT2D eigenvalue weighted by Gasteiger charge is 2.13. The van der Waals surface area contributed by atoms with Gasteiger partial charge in [-0.2, -0.15) is 0 Å². The molecule has 1 aromatic heterocycles. The Kier molecular flexibility index (Phi) is 3.06. The fourth-order valence-electron chi connectivity index (χ4n) is 1.28. The molecule has 3 nitrogen and oxygen atoms in total. The number of benzene rings is 1. The van der Waals surface area contributed by atoms with Gasteiger partial charge in [-0.3, -0.25) is 4.79 Å². The van der Waals surface area contributed by atoms with E-state index in [1.54, 1.807) is 11.4 Å². The zero-order chi connectivity index (χ0) is 12.4. The Hall–Kier alpha value is -1.95. The maximum absolute atomic E-state index is 13.3. The molecule has 17 heavy (non-hydrogen) atoms. The third-order valence-corrected chi connectivity index (χ3v) is 3.01. The van der Waals surface area contributed by atoms with Crippen molar-refractivity contribution in [1.29, 1.82) is 0 Å². The number of rotatable bonds is 2. The van der Waals surface area contributed by atoms with E-state index in [4.69, 9.17) is 5.73 Å². The summed E-state index contributed by atoms with van der Waals surface area (Å²) in [5, 5.41) is 3.92. The number of amides is 1. The highest BCUT2D eigenvalue weighted by Crippen LogP contribution is 2.22. The molecule has 1 aromatic carbocycles. The Labute approximate surface area is 99.9 Å². The lowest BCUT2D eigenvalue weighted by molar-refractivity contribution is 0.103. The number of carbonyl (C=O) groups is 1. The van der Waals surface area contributed by atoms with Crippen molar-refractivity contribution in [2.75, 3.05) is 11.1 Å². The Morgan fingerprint density at radius 2 is 2.06 bits per heavy atom. The van der Waals surface area contributed by atoms with E-state index in [1.165, 1.54) is 0 Å². The van der Waals surface area contributed by atoms with Crippen LogP contribution in [-0.4, -0.2) is 5.91 Å². The zero-order valence-corrected chi connectivity index (χ0v) is 9.35. The molecule has 6 heteroatoms. The summed E-state index contributed by atoms with van der Waals surface area (Å²) in [6.07, 6.45) is 0. The number of hydrogen-bond donors (Lipinski definition) is 2. The standard InChI is InChI=1S/C11H8F2N2OS/c12-6-1-2-7(13)9(5-6)15-11(16)10-8(14)3-4-17-10/h1-5H,14H2,(H,15,16). The molecule has 1 amide bonds. The molecule has 0 unspecified atom stereocenters. The van der Waals surface area contributed by atoms with Gasteiger partial charge in [0.15, 0.2) is 0 Å². The van der Waals surface area contributed by atoms with Crippen LogP contribution in [0.5, 0.6) is 0 Å². The topological polar surface area (TPSA) is 55.1 Å². The molecule has 0 bridgehead atoms. The highest BCUT2D eigenvalue weighted by molar-refractivity contribution is 7.12. The average molecular weight is 254 g/mol. The van der Waals surface area contributed by atoms with Crippen molar-refractivity contribution in [3.05, 3.63) is 46.2 Å². The van der Waals surface area contributed by atoms with Crippen molar-refractivity contribution in [3.8, 4) is 0 Å². The summed E-state index contributed by atoms with van der Waals surface area (Å²) >= 11 is 1.13. The monoisotopic (exact) mass is 254 g/mol. The SMILES string of the molecule is Nc1ccsc1C(=O)Nc1cc(F)ccc1F. The Balaban J connectivity index is 2.24. The van der Waals surface area contributed by atoms with Crippen molar-refractivity contribution >= 4 is 28.6 Å². The molecule has 1 heterocycles. The van der Waals surface area contributed by atoms with Crippen LogP contribution in [-0.2, 0) is 0 Å². The minimum Gasteiger partial charge on any atom is -0.397 e. The summed E-state index contributed by atoms with van der Waals surface area (Å²) in [7, 11) is 0. The third-order valence-electron chi connectivity index (χ3n) is 2.08. The van der Waals surface area contributed by atoms with Crippen LogP contribution in [0, 0.1) is 11.6 Å². The van der Waals surface area contributed by atoms with Gasteiger partial charge in [-0.1, -0.05) is 0 Å². The zero-order valence-electron chi connectivity index (χ0n) is 8.54. The van der Waals surface area contributed by atoms with Gasteiger partial charge in [0.25, 0.3) is 5.91 Å². The molecule has 0 fully saturated rings. The van der Waals surface area contributed by atoms with Gasteiger partial charge in [0, 0.05) is 6.07 Å². The van der Waals surface area contributed by atoms with Crippen molar-refractivity contribution in [1.82, 2.24) is 0 Å². The lowest BCUT2D eigenvalue weighted by atomic mass is 10.3. The Bertz CT molecular complexity index is 568. The molecule has 88 valence electrons. The number of anilines is 2. The number of nitrogen functional groups attached to an aromatic ring is 1. The molecule has 2 rings (SSSR count). The summed E-state index contributed by atoms with van der Waals surface area (Å²) in [6, 6.07) is 4.41. The first kappa shape index (κ1) is 11.5. The van der Waals surface area contributed by atoms with Crippen LogP contribution in [0.2, 0.25) is 0 Å². The minimum atomic E-state index is -0.699. The molecule has 0 aliphatic heterocycles. The number of halogens is 2. The molecular formula is C11H8F2N2OS. The van der Waals surface area contributed by atoms with Gasteiger partial charge in [-0.25, -0.2) is 8.78 Å². The summed E-state index contributed by atoms with van der Waals surface area (Å²) in [5.41, 5.74) is 5.65. The predicted molar refractivity (Wildman–Crippen MR) is 63.0 cm³/mol. The second-order valence-electron chi connectivity index (χ2n) is 3.28. The molecular weight excluding hydrogens is 246 g/mol. The first-order valence-corrected chi connectivity index (χ1v) is 5.55. The highest BCUT2D eigenvalue weighted by atomic mass is 32.1. The van der Waals surface area contributed by atoms with Crippen LogP contribution in [0.15, 0.2) is 29.6 Å². The van der Waals surface area contributed by atoms with Gasteiger partial charge >= 0.3 is 0 Å². The smallest absolute Gasteiger partial charge is 0.267 e. The second kappa shape index (κ2) is 4.50. The molecule has 0 saturated carbocycles. The van der Waals surface area contributed by atoms with E-state index < -0.39 is 17.5 Å². The summed E-state index contributed by atoms with van der Waals surface area (Å²) in [4.78, 5) is 12.0.